The zero-order valence-corrected chi connectivity index (χ0v) is 14.4. The van der Waals surface area contributed by atoms with E-state index in [2.05, 4.69) is 9.47 Å². The lowest BCUT2D eigenvalue weighted by molar-refractivity contribution is -0.140. The van der Waals surface area contributed by atoms with E-state index in [1.54, 1.807) is 0 Å². The lowest BCUT2D eigenvalue weighted by Gasteiger charge is -2.22. The molecule has 1 fully saturated rings. The Kier molecular flexibility index (Phi) is 5.43. The van der Waals surface area contributed by atoms with E-state index in [9.17, 15) is 27.9 Å². The molecule has 0 spiro atoms. The van der Waals surface area contributed by atoms with E-state index in [4.69, 9.17) is 0 Å². The van der Waals surface area contributed by atoms with E-state index < -0.39 is 38.9 Å². The van der Waals surface area contributed by atoms with E-state index in [0.717, 1.165) is 30.7 Å². The molecule has 0 radical (unpaired) electrons. The van der Waals surface area contributed by atoms with Crippen molar-refractivity contribution in [2.24, 2.45) is 0 Å². The molecule has 1 aliphatic heterocycles. The fourth-order valence-corrected chi connectivity index (χ4v) is 4.52. The van der Waals surface area contributed by atoms with E-state index in [0.29, 0.717) is 6.42 Å². The minimum absolute atomic E-state index is 0.00235. The maximum atomic E-state index is 13.0. The molecule has 25 heavy (non-hydrogen) atoms. The summed E-state index contributed by atoms with van der Waals surface area (Å²) in [6, 6.07) is 2.13. The summed E-state index contributed by atoms with van der Waals surface area (Å²) in [6.45, 7) is 0.00235. The number of aliphatic carboxylic acids is 1. The summed E-state index contributed by atoms with van der Waals surface area (Å²) in [4.78, 5) is 34.4. The van der Waals surface area contributed by atoms with Crippen LogP contribution >= 0.6 is 0 Å². The molecule has 0 aliphatic carbocycles. The van der Waals surface area contributed by atoms with Crippen molar-refractivity contribution in [3.8, 4) is 0 Å². The second-order valence-corrected chi connectivity index (χ2v) is 7.17. The molecule has 1 aromatic rings. The molecule has 2 rings (SSSR count). The molecular weight excluding hydrogens is 354 g/mol. The molecular formula is C15H17NO8S. The Morgan fingerprint density at radius 2 is 1.80 bits per heavy atom. The molecule has 136 valence electrons. The van der Waals surface area contributed by atoms with Gasteiger partial charge in [0.05, 0.1) is 30.2 Å². The summed E-state index contributed by atoms with van der Waals surface area (Å²) < 4.78 is 35.9. The second kappa shape index (κ2) is 7.19. The van der Waals surface area contributed by atoms with E-state index in [-0.39, 0.29) is 24.1 Å². The Balaban J connectivity index is 2.63. The monoisotopic (exact) mass is 371 g/mol. The fraction of sp³-hybridized carbons (Fsp3) is 0.400. The summed E-state index contributed by atoms with van der Waals surface area (Å²) in [5.41, 5.74) is -0.369. The quantitative estimate of drug-likeness (QED) is 0.741. The van der Waals surface area contributed by atoms with Gasteiger partial charge in [0, 0.05) is 6.54 Å². The average Bonchev–Trinajstić information content (AvgIpc) is 3.10. The number of ether oxygens (including phenoxy) is 2. The predicted octanol–water partition coefficient (Wildman–Crippen LogP) is 0.497. The van der Waals surface area contributed by atoms with Gasteiger partial charge in [-0.15, -0.1) is 0 Å². The number of esters is 2. The van der Waals surface area contributed by atoms with Gasteiger partial charge in [0.25, 0.3) is 0 Å². The number of carbonyl (C=O) groups excluding carboxylic acids is 2. The van der Waals surface area contributed by atoms with Crippen LogP contribution in [0.5, 0.6) is 0 Å². The highest BCUT2D eigenvalue weighted by molar-refractivity contribution is 7.89. The lowest BCUT2D eigenvalue weighted by atomic mass is 10.1. The second-order valence-electron chi connectivity index (χ2n) is 5.31. The number of carboxylic acids is 1. The smallest absolute Gasteiger partial charge is 0.339 e. The Bertz CT molecular complexity index is 817. The molecule has 0 aromatic heterocycles. The molecule has 0 bridgehead atoms. The van der Waals surface area contributed by atoms with Crippen molar-refractivity contribution in [3.05, 3.63) is 29.3 Å². The number of hydrogen-bond acceptors (Lipinski definition) is 7. The number of sulfonamides is 1. The van der Waals surface area contributed by atoms with Crippen LogP contribution in [0, 0.1) is 0 Å². The number of rotatable bonds is 5. The summed E-state index contributed by atoms with van der Waals surface area (Å²) in [5, 5.41) is 9.23. The molecule has 1 aliphatic rings. The van der Waals surface area contributed by atoms with Gasteiger partial charge in [-0.3, -0.25) is 4.79 Å². The van der Waals surface area contributed by atoms with Crippen LogP contribution in [0.2, 0.25) is 0 Å². The van der Waals surface area contributed by atoms with Gasteiger partial charge < -0.3 is 14.6 Å². The van der Waals surface area contributed by atoms with Gasteiger partial charge in [0.15, 0.2) is 0 Å². The summed E-state index contributed by atoms with van der Waals surface area (Å²) in [7, 11) is -2.12. The maximum absolute atomic E-state index is 13.0. The minimum atomic E-state index is -4.34. The van der Waals surface area contributed by atoms with E-state index >= 15 is 0 Å². The first-order valence-corrected chi connectivity index (χ1v) is 8.73. The Labute approximate surface area is 144 Å². The van der Waals surface area contributed by atoms with Crippen LogP contribution in [-0.2, 0) is 24.3 Å². The first-order chi connectivity index (χ1) is 11.7. The van der Waals surface area contributed by atoms with Crippen molar-refractivity contribution >= 4 is 27.9 Å². The van der Waals surface area contributed by atoms with Crippen molar-refractivity contribution < 1.29 is 37.4 Å². The number of carbonyl (C=O) groups is 3. The van der Waals surface area contributed by atoms with Gasteiger partial charge in [-0.05, 0) is 31.0 Å². The van der Waals surface area contributed by atoms with Crippen molar-refractivity contribution in [2.45, 2.75) is 23.8 Å². The van der Waals surface area contributed by atoms with E-state index in [1.165, 1.54) is 6.07 Å². The van der Waals surface area contributed by atoms with Gasteiger partial charge in [0.2, 0.25) is 10.0 Å². The molecule has 1 N–H and O–H groups in total. The Morgan fingerprint density at radius 1 is 1.16 bits per heavy atom. The maximum Gasteiger partial charge on any atom is 0.339 e. The van der Waals surface area contributed by atoms with Crippen LogP contribution in [0.3, 0.4) is 0 Å². The topological polar surface area (TPSA) is 127 Å². The molecule has 0 saturated carbocycles. The number of benzene rings is 1. The van der Waals surface area contributed by atoms with Gasteiger partial charge in [-0.1, -0.05) is 0 Å². The minimum Gasteiger partial charge on any atom is -0.480 e. The molecule has 0 amide bonds. The highest BCUT2D eigenvalue weighted by Gasteiger charge is 2.41. The van der Waals surface area contributed by atoms with Crippen molar-refractivity contribution in [1.29, 1.82) is 0 Å². The highest BCUT2D eigenvalue weighted by atomic mass is 32.2. The molecule has 1 saturated heterocycles. The van der Waals surface area contributed by atoms with Crippen molar-refractivity contribution in [1.82, 2.24) is 4.31 Å². The van der Waals surface area contributed by atoms with Crippen LogP contribution in [-0.4, -0.2) is 62.5 Å². The summed E-state index contributed by atoms with van der Waals surface area (Å²) >= 11 is 0. The number of hydrogen-bond donors (Lipinski definition) is 1. The lowest BCUT2D eigenvalue weighted by Crippen LogP contribution is -2.41. The molecule has 1 atom stereocenters. The van der Waals surface area contributed by atoms with Crippen LogP contribution < -0.4 is 0 Å². The summed E-state index contributed by atoms with van der Waals surface area (Å²) in [5.74, 6) is -2.98. The largest absolute Gasteiger partial charge is 0.480 e. The van der Waals surface area contributed by atoms with Gasteiger partial charge >= 0.3 is 17.9 Å². The van der Waals surface area contributed by atoms with Gasteiger partial charge in [-0.25, -0.2) is 18.0 Å². The first kappa shape index (κ1) is 18.9. The average molecular weight is 371 g/mol. The fourth-order valence-electron chi connectivity index (χ4n) is 2.66. The van der Waals surface area contributed by atoms with Crippen LogP contribution in [0.1, 0.15) is 33.6 Å². The third-order valence-electron chi connectivity index (χ3n) is 3.88. The van der Waals surface area contributed by atoms with Crippen LogP contribution in [0.25, 0.3) is 0 Å². The predicted molar refractivity (Wildman–Crippen MR) is 83.7 cm³/mol. The van der Waals surface area contributed by atoms with Crippen LogP contribution in [0.15, 0.2) is 23.1 Å². The summed E-state index contributed by atoms with van der Waals surface area (Å²) in [6.07, 6.45) is 0.541. The Hall–Kier alpha value is -2.46. The number of methoxy groups -OCH3 is 2. The molecule has 1 aromatic carbocycles. The zero-order chi connectivity index (χ0) is 18.8. The van der Waals surface area contributed by atoms with E-state index in [1.807, 2.05) is 0 Å². The van der Waals surface area contributed by atoms with Crippen LogP contribution in [0.4, 0.5) is 0 Å². The first-order valence-electron chi connectivity index (χ1n) is 7.29. The van der Waals surface area contributed by atoms with Gasteiger partial charge in [-0.2, -0.15) is 4.31 Å². The Morgan fingerprint density at radius 3 is 2.36 bits per heavy atom. The number of nitrogens with zero attached hydrogens (tertiary/aromatic N) is 1. The third-order valence-corrected chi connectivity index (χ3v) is 5.83. The molecule has 9 nitrogen and oxygen atoms in total. The highest BCUT2D eigenvalue weighted by Crippen LogP contribution is 2.29. The SMILES string of the molecule is COC(=O)c1ccc(C(=O)OC)c(S(=O)(=O)N2CCC[C@@H]2C(=O)O)c1. The van der Waals surface area contributed by atoms with Crippen molar-refractivity contribution in [3.63, 3.8) is 0 Å². The van der Waals surface area contributed by atoms with Crippen molar-refractivity contribution in [2.75, 3.05) is 20.8 Å². The molecule has 10 heteroatoms. The third kappa shape index (κ3) is 3.49. The molecule has 0 unspecified atom stereocenters. The van der Waals surface area contributed by atoms with Gasteiger partial charge in [0.1, 0.15) is 6.04 Å². The normalized spacial score (nSPS) is 17.9. The zero-order valence-electron chi connectivity index (χ0n) is 13.6. The standard InChI is InChI=1S/C15H17NO8S/c1-23-14(19)9-5-6-10(15(20)24-2)12(8-9)25(21,22)16-7-3-4-11(16)13(17)18/h5-6,8,11H,3-4,7H2,1-2H3,(H,17,18)/t11-/m1/s1. The molecule has 1 heterocycles. The number of carboxylic acid groups (broad SMARTS) is 1.